The van der Waals surface area contributed by atoms with Crippen molar-refractivity contribution < 1.29 is 19.4 Å². The van der Waals surface area contributed by atoms with Gasteiger partial charge in [0, 0.05) is 24.2 Å². The highest BCUT2D eigenvalue weighted by Crippen LogP contribution is 2.38. The zero-order chi connectivity index (χ0) is 24.6. The van der Waals surface area contributed by atoms with Crippen LogP contribution in [-0.4, -0.2) is 51.4 Å². The van der Waals surface area contributed by atoms with Crippen LogP contribution in [0.4, 0.5) is 16.6 Å². The number of carboxylic acid groups (broad SMARTS) is 1. The monoisotopic (exact) mass is 495 g/mol. The first kappa shape index (κ1) is 24.9. The highest BCUT2D eigenvalue weighted by atomic mass is 35.5. The van der Waals surface area contributed by atoms with E-state index in [0.717, 1.165) is 0 Å². The quantitative estimate of drug-likeness (QED) is 0.559. The van der Waals surface area contributed by atoms with Crippen molar-refractivity contribution >= 4 is 47.0 Å². The first-order valence-electron chi connectivity index (χ1n) is 10.4. The minimum atomic E-state index is -1.26. The summed E-state index contributed by atoms with van der Waals surface area (Å²) in [4.78, 5) is 34.7. The summed E-state index contributed by atoms with van der Waals surface area (Å²) in [5.41, 5.74) is 5.31. The summed E-state index contributed by atoms with van der Waals surface area (Å²) in [7, 11) is 0. The third-order valence-electron chi connectivity index (χ3n) is 5.30. The maximum absolute atomic E-state index is 12.2. The molecule has 9 nitrogen and oxygen atoms in total. The number of piperidine rings is 1. The number of anilines is 2. The maximum atomic E-state index is 12.2. The van der Waals surface area contributed by atoms with E-state index in [9.17, 15) is 14.7 Å². The largest absolute Gasteiger partial charge is 0.476 e. The summed E-state index contributed by atoms with van der Waals surface area (Å²) >= 11 is 12.4. The van der Waals surface area contributed by atoms with Gasteiger partial charge in [0.2, 0.25) is 5.95 Å². The number of hydrogen-bond acceptors (Lipinski definition) is 7. The fraction of sp³-hybridized carbons (Fsp3) is 0.455. The molecule has 178 valence electrons. The summed E-state index contributed by atoms with van der Waals surface area (Å²) in [6.07, 6.45) is 0.689. The van der Waals surface area contributed by atoms with Gasteiger partial charge in [0.15, 0.2) is 5.69 Å². The van der Waals surface area contributed by atoms with Gasteiger partial charge in [-0.3, -0.25) is 0 Å². The van der Waals surface area contributed by atoms with Crippen LogP contribution in [0.5, 0.6) is 0 Å². The van der Waals surface area contributed by atoms with E-state index in [1.54, 1.807) is 39.0 Å². The SMILES string of the molecule is CC1(NC(=O)OC(C)(C)C)CCN(c2nc(N)c(-c3cccc(Cl)c3Cl)c(C(=O)O)n2)CC1. The lowest BCUT2D eigenvalue weighted by molar-refractivity contribution is 0.0447. The van der Waals surface area contributed by atoms with E-state index in [4.69, 9.17) is 33.7 Å². The Bertz CT molecular complexity index is 1080. The van der Waals surface area contributed by atoms with Crippen molar-refractivity contribution in [1.82, 2.24) is 15.3 Å². The molecule has 0 atom stereocenters. The van der Waals surface area contributed by atoms with Gasteiger partial charge in [0.1, 0.15) is 11.4 Å². The van der Waals surface area contributed by atoms with Crippen LogP contribution in [0.1, 0.15) is 51.0 Å². The van der Waals surface area contributed by atoms with Gasteiger partial charge in [-0.05, 0) is 46.6 Å². The first-order valence-corrected chi connectivity index (χ1v) is 11.2. The Morgan fingerprint density at radius 2 is 1.85 bits per heavy atom. The van der Waals surface area contributed by atoms with E-state index in [1.807, 2.05) is 11.8 Å². The summed E-state index contributed by atoms with van der Waals surface area (Å²) in [5, 5.41) is 13.2. The second kappa shape index (κ2) is 9.23. The number of alkyl carbamates (subject to hydrolysis) is 1. The van der Waals surface area contributed by atoms with Crippen LogP contribution in [0.25, 0.3) is 11.1 Å². The molecule has 2 heterocycles. The summed E-state index contributed by atoms with van der Waals surface area (Å²) in [6, 6.07) is 4.85. The number of halogens is 2. The maximum Gasteiger partial charge on any atom is 0.408 e. The topological polar surface area (TPSA) is 131 Å². The molecule has 0 aliphatic carbocycles. The Morgan fingerprint density at radius 1 is 1.21 bits per heavy atom. The first-order chi connectivity index (χ1) is 15.3. The van der Waals surface area contributed by atoms with Gasteiger partial charge in [-0.2, -0.15) is 4.98 Å². The average Bonchev–Trinajstić information content (AvgIpc) is 2.68. The number of carbonyl (C=O) groups is 2. The number of rotatable bonds is 4. The smallest absolute Gasteiger partial charge is 0.408 e. The Morgan fingerprint density at radius 3 is 2.42 bits per heavy atom. The van der Waals surface area contributed by atoms with E-state index in [-0.39, 0.29) is 33.1 Å². The molecule has 0 bridgehead atoms. The number of nitrogens with one attached hydrogen (secondary N) is 1. The zero-order valence-electron chi connectivity index (χ0n) is 18.9. The fourth-order valence-electron chi connectivity index (χ4n) is 3.60. The fourth-order valence-corrected chi connectivity index (χ4v) is 3.99. The third-order valence-corrected chi connectivity index (χ3v) is 6.12. The number of aromatic carboxylic acids is 1. The molecule has 1 amide bonds. The Labute approximate surface area is 202 Å². The average molecular weight is 496 g/mol. The highest BCUT2D eigenvalue weighted by molar-refractivity contribution is 6.43. The summed E-state index contributed by atoms with van der Waals surface area (Å²) in [5.74, 6) is -1.07. The van der Waals surface area contributed by atoms with Gasteiger partial charge in [0.25, 0.3) is 0 Å². The molecule has 33 heavy (non-hydrogen) atoms. The molecule has 1 aromatic carbocycles. The minimum Gasteiger partial charge on any atom is -0.476 e. The molecule has 11 heteroatoms. The van der Waals surface area contributed by atoms with Crippen LogP contribution in [0.3, 0.4) is 0 Å². The Hall–Kier alpha value is -2.78. The zero-order valence-corrected chi connectivity index (χ0v) is 20.4. The molecule has 0 radical (unpaired) electrons. The number of aromatic nitrogens is 2. The molecule has 0 unspecified atom stereocenters. The Kier molecular flexibility index (Phi) is 6.95. The second-order valence-corrected chi connectivity index (χ2v) is 10.00. The van der Waals surface area contributed by atoms with Gasteiger partial charge in [-0.25, -0.2) is 14.6 Å². The lowest BCUT2D eigenvalue weighted by Crippen LogP contribution is -2.54. The molecule has 1 aliphatic rings. The standard InChI is InChI=1S/C22H27Cl2N5O4/c1-21(2,3)33-20(32)28-22(4)8-10-29(11-9-22)19-26-16(18(30)31)14(17(25)27-19)12-6-5-7-13(23)15(12)24/h5-7H,8-11H2,1-4H3,(H,28,32)(H,30,31)(H2,25,26,27). The number of hydrogen-bond donors (Lipinski definition) is 3. The van der Waals surface area contributed by atoms with Gasteiger partial charge in [-0.1, -0.05) is 35.3 Å². The van der Waals surface area contributed by atoms with E-state index >= 15 is 0 Å². The molecule has 3 rings (SSSR count). The van der Waals surface area contributed by atoms with Crippen molar-refractivity contribution in [3.8, 4) is 11.1 Å². The molecule has 1 fully saturated rings. The highest BCUT2D eigenvalue weighted by Gasteiger charge is 2.34. The van der Waals surface area contributed by atoms with Crippen LogP contribution < -0.4 is 16.0 Å². The number of nitrogen functional groups attached to an aromatic ring is 1. The van der Waals surface area contributed by atoms with Gasteiger partial charge in [-0.15, -0.1) is 0 Å². The van der Waals surface area contributed by atoms with E-state index in [0.29, 0.717) is 31.5 Å². The Balaban J connectivity index is 1.84. The van der Waals surface area contributed by atoms with Crippen LogP contribution in [0.2, 0.25) is 10.0 Å². The number of carboxylic acids is 1. The second-order valence-electron chi connectivity index (χ2n) is 9.21. The number of benzene rings is 1. The molecule has 1 saturated heterocycles. The summed E-state index contributed by atoms with van der Waals surface area (Å²) in [6.45, 7) is 8.33. The molecule has 1 aliphatic heterocycles. The van der Waals surface area contributed by atoms with Crippen molar-refractivity contribution in [2.45, 2.75) is 51.7 Å². The van der Waals surface area contributed by atoms with E-state index in [1.165, 1.54) is 0 Å². The van der Waals surface area contributed by atoms with Crippen molar-refractivity contribution in [1.29, 1.82) is 0 Å². The number of nitrogens with two attached hydrogens (primary N) is 1. The third kappa shape index (κ3) is 5.78. The van der Waals surface area contributed by atoms with Crippen LogP contribution in [0, 0.1) is 0 Å². The normalized spacial score (nSPS) is 15.8. The van der Waals surface area contributed by atoms with Gasteiger partial charge < -0.3 is 25.8 Å². The number of ether oxygens (including phenoxy) is 1. The van der Waals surface area contributed by atoms with E-state index < -0.39 is 23.2 Å². The van der Waals surface area contributed by atoms with Gasteiger partial charge in [0.05, 0.1) is 15.6 Å². The molecule has 4 N–H and O–H groups in total. The van der Waals surface area contributed by atoms with Crippen LogP contribution >= 0.6 is 23.2 Å². The predicted octanol–water partition coefficient (Wildman–Crippen LogP) is 4.61. The molecule has 2 aromatic rings. The lowest BCUT2D eigenvalue weighted by Gasteiger charge is -2.40. The van der Waals surface area contributed by atoms with Crippen LogP contribution in [0.15, 0.2) is 18.2 Å². The van der Waals surface area contributed by atoms with Crippen LogP contribution in [-0.2, 0) is 4.74 Å². The summed E-state index contributed by atoms with van der Waals surface area (Å²) < 4.78 is 5.36. The lowest BCUT2D eigenvalue weighted by atomic mass is 9.90. The molecule has 0 spiro atoms. The van der Waals surface area contributed by atoms with E-state index in [2.05, 4.69) is 15.3 Å². The van der Waals surface area contributed by atoms with Crippen molar-refractivity contribution in [2.24, 2.45) is 0 Å². The van der Waals surface area contributed by atoms with Crippen molar-refractivity contribution in [3.05, 3.63) is 33.9 Å². The number of amides is 1. The molecule has 0 saturated carbocycles. The number of carbonyl (C=O) groups excluding carboxylic acids is 1. The van der Waals surface area contributed by atoms with Crippen molar-refractivity contribution in [3.63, 3.8) is 0 Å². The predicted molar refractivity (Wildman–Crippen MR) is 128 cm³/mol. The minimum absolute atomic E-state index is 0.0122. The van der Waals surface area contributed by atoms with Crippen molar-refractivity contribution in [2.75, 3.05) is 23.7 Å². The molecule has 1 aromatic heterocycles. The molecular weight excluding hydrogens is 469 g/mol. The molecular formula is C22H27Cl2N5O4. The number of nitrogens with zero attached hydrogens (tertiary/aromatic N) is 3. The van der Waals surface area contributed by atoms with Gasteiger partial charge >= 0.3 is 12.1 Å².